The largest absolute Gasteiger partial charge is 0.416 e. The van der Waals surface area contributed by atoms with Crippen LogP contribution in [0.2, 0.25) is 0 Å². The van der Waals surface area contributed by atoms with Crippen LogP contribution < -0.4 is 10.2 Å². The van der Waals surface area contributed by atoms with E-state index in [1.54, 1.807) is 0 Å². The molecule has 1 atom stereocenters. The number of nitrogens with one attached hydrogen (secondary N) is 1. The summed E-state index contributed by atoms with van der Waals surface area (Å²) in [4.78, 5) is 14.1. The Morgan fingerprint density at radius 3 is 2.32 bits per heavy atom. The zero-order chi connectivity index (χ0) is 18.8. The zero-order valence-corrected chi connectivity index (χ0v) is 14.9. The Morgan fingerprint density at radius 1 is 1.20 bits per heavy atom. The van der Waals surface area contributed by atoms with E-state index in [2.05, 4.69) is 5.32 Å². The van der Waals surface area contributed by atoms with Gasteiger partial charge in [0.2, 0.25) is 5.91 Å². The molecule has 1 N–H and O–H groups in total. The molecule has 2 rings (SSSR count). The summed E-state index contributed by atoms with van der Waals surface area (Å²) in [5, 5.41) is 1.02. The summed E-state index contributed by atoms with van der Waals surface area (Å²) < 4.78 is 62.1. The average Bonchev–Trinajstić information content (AvgIpc) is 2.53. The number of benzene rings is 1. The lowest BCUT2D eigenvalue weighted by Crippen LogP contribution is -2.34. The first-order valence-electron chi connectivity index (χ1n) is 7.96. The number of halogens is 3. The zero-order valence-electron chi connectivity index (χ0n) is 14.1. The van der Waals surface area contributed by atoms with Gasteiger partial charge < -0.3 is 10.2 Å². The molecule has 5 nitrogen and oxygen atoms in total. The average molecular weight is 378 g/mol. The van der Waals surface area contributed by atoms with E-state index in [-0.39, 0.29) is 5.69 Å². The quantitative estimate of drug-likeness (QED) is 0.875. The Balaban J connectivity index is 2.38. The standard InChI is InChI=1S/C16H21F3N2O3S/c1-11(25(2,23)24)15(22)20-13-10-12(16(17,18)19)6-7-14(13)21-8-4-3-5-9-21/h6-7,10-11H,3-5,8-9H2,1-2H3,(H,20,22). The van der Waals surface area contributed by atoms with Crippen molar-refractivity contribution in [3.8, 4) is 0 Å². The van der Waals surface area contributed by atoms with Gasteiger partial charge in [0.05, 0.1) is 16.9 Å². The molecule has 0 radical (unpaired) electrons. The van der Waals surface area contributed by atoms with Crippen molar-refractivity contribution in [1.29, 1.82) is 0 Å². The van der Waals surface area contributed by atoms with Crippen LogP contribution in [0.4, 0.5) is 24.5 Å². The fourth-order valence-electron chi connectivity index (χ4n) is 2.65. The van der Waals surface area contributed by atoms with Gasteiger partial charge >= 0.3 is 6.18 Å². The Kier molecular flexibility index (Phi) is 5.65. The van der Waals surface area contributed by atoms with Crippen molar-refractivity contribution in [2.45, 2.75) is 37.6 Å². The maximum absolute atomic E-state index is 13.0. The summed E-state index contributed by atoms with van der Waals surface area (Å²) in [5.74, 6) is -0.847. The molecule has 1 saturated heterocycles. The normalized spacial score (nSPS) is 17.2. The number of nitrogens with zero attached hydrogens (tertiary/aromatic N) is 1. The van der Waals surface area contributed by atoms with Crippen molar-refractivity contribution in [2.75, 3.05) is 29.6 Å². The molecular weight excluding hydrogens is 357 g/mol. The molecule has 1 aromatic carbocycles. The first-order valence-corrected chi connectivity index (χ1v) is 9.91. The molecule has 140 valence electrons. The van der Waals surface area contributed by atoms with Crippen LogP contribution in [0, 0.1) is 0 Å². The Labute approximate surface area is 145 Å². The van der Waals surface area contributed by atoms with Gasteiger partial charge in [-0.05, 0) is 44.4 Å². The third-order valence-corrected chi connectivity index (χ3v) is 5.79. The Morgan fingerprint density at radius 2 is 1.80 bits per heavy atom. The highest BCUT2D eigenvalue weighted by Gasteiger charge is 2.32. The fourth-order valence-corrected chi connectivity index (χ4v) is 3.10. The van der Waals surface area contributed by atoms with Crippen molar-refractivity contribution in [3.05, 3.63) is 23.8 Å². The molecule has 1 aliphatic heterocycles. The van der Waals surface area contributed by atoms with E-state index in [1.807, 2.05) is 4.90 Å². The van der Waals surface area contributed by atoms with E-state index in [0.29, 0.717) is 18.8 Å². The first kappa shape index (κ1) is 19.6. The molecule has 1 amide bonds. The minimum Gasteiger partial charge on any atom is -0.370 e. The summed E-state index contributed by atoms with van der Waals surface area (Å²) in [6.45, 7) is 2.56. The van der Waals surface area contributed by atoms with Gasteiger partial charge in [-0.2, -0.15) is 13.2 Å². The van der Waals surface area contributed by atoms with Crippen molar-refractivity contribution >= 4 is 27.1 Å². The number of hydrogen-bond donors (Lipinski definition) is 1. The van der Waals surface area contributed by atoms with Gasteiger partial charge in [0.15, 0.2) is 9.84 Å². The van der Waals surface area contributed by atoms with E-state index in [1.165, 1.54) is 13.0 Å². The molecule has 1 aliphatic rings. The summed E-state index contributed by atoms with van der Waals surface area (Å²) in [5.41, 5.74) is -0.436. The molecule has 0 bridgehead atoms. The van der Waals surface area contributed by atoms with E-state index < -0.39 is 32.7 Å². The van der Waals surface area contributed by atoms with Crippen LogP contribution in [0.15, 0.2) is 18.2 Å². The maximum atomic E-state index is 13.0. The summed E-state index contributed by atoms with van der Waals surface area (Å²) >= 11 is 0. The Hall–Kier alpha value is -1.77. The SMILES string of the molecule is CC(C(=O)Nc1cc(C(F)(F)F)ccc1N1CCCCC1)S(C)(=O)=O. The minimum atomic E-state index is -4.55. The number of amides is 1. The van der Waals surface area contributed by atoms with E-state index in [4.69, 9.17) is 0 Å². The third kappa shape index (κ3) is 4.87. The lowest BCUT2D eigenvalue weighted by molar-refractivity contribution is -0.137. The first-order chi connectivity index (χ1) is 11.5. The number of hydrogen-bond acceptors (Lipinski definition) is 4. The molecule has 1 heterocycles. The fraction of sp³-hybridized carbons (Fsp3) is 0.562. The predicted molar refractivity (Wildman–Crippen MR) is 90.4 cm³/mol. The molecule has 0 saturated carbocycles. The van der Waals surface area contributed by atoms with E-state index in [0.717, 1.165) is 37.7 Å². The molecule has 0 aliphatic carbocycles. The highest BCUT2D eigenvalue weighted by atomic mass is 32.2. The van der Waals surface area contributed by atoms with E-state index >= 15 is 0 Å². The topological polar surface area (TPSA) is 66.5 Å². The van der Waals surface area contributed by atoms with Gasteiger partial charge in [0, 0.05) is 19.3 Å². The van der Waals surface area contributed by atoms with Gasteiger partial charge in [-0.3, -0.25) is 4.79 Å². The number of anilines is 2. The second kappa shape index (κ2) is 7.23. The maximum Gasteiger partial charge on any atom is 0.416 e. The summed E-state index contributed by atoms with van der Waals surface area (Å²) in [6, 6.07) is 3.16. The van der Waals surface area contributed by atoms with Gasteiger partial charge in [0.25, 0.3) is 0 Å². The molecule has 25 heavy (non-hydrogen) atoms. The molecule has 0 aromatic heterocycles. The number of piperidine rings is 1. The van der Waals surface area contributed by atoms with Crippen LogP contribution in [0.1, 0.15) is 31.7 Å². The van der Waals surface area contributed by atoms with Crippen molar-refractivity contribution in [3.63, 3.8) is 0 Å². The predicted octanol–water partition coefficient (Wildman–Crippen LogP) is 3.07. The molecule has 1 unspecified atom stereocenters. The van der Waals surface area contributed by atoms with Crippen molar-refractivity contribution in [2.24, 2.45) is 0 Å². The summed E-state index contributed by atoms with van der Waals surface area (Å²) in [6.07, 6.45) is -0.774. The van der Waals surface area contributed by atoms with Gasteiger partial charge in [-0.15, -0.1) is 0 Å². The van der Waals surface area contributed by atoms with Crippen LogP contribution in [-0.2, 0) is 20.8 Å². The minimum absolute atomic E-state index is 0.0165. The molecule has 0 spiro atoms. The number of carbonyl (C=O) groups is 1. The number of alkyl halides is 3. The van der Waals surface area contributed by atoms with Gasteiger partial charge in [0.1, 0.15) is 5.25 Å². The van der Waals surface area contributed by atoms with Gasteiger partial charge in [-0.25, -0.2) is 8.42 Å². The third-order valence-electron chi connectivity index (χ3n) is 4.29. The van der Waals surface area contributed by atoms with Crippen LogP contribution in [0.25, 0.3) is 0 Å². The highest BCUT2D eigenvalue weighted by molar-refractivity contribution is 7.92. The number of rotatable bonds is 4. The number of carbonyl (C=O) groups excluding carboxylic acids is 1. The van der Waals surface area contributed by atoms with Crippen molar-refractivity contribution < 1.29 is 26.4 Å². The molecule has 9 heteroatoms. The van der Waals surface area contributed by atoms with Crippen molar-refractivity contribution in [1.82, 2.24) is 0 Å². The monoisotopic (exact) mass is 378 g/mol. The Bertz CT molecular complexity index is 741. The highest BCUT2D eigenvalue weighted by Crippen LogP contribution is 2.36. The van der Waals surface area contributed by atoms with Gasteiger partial charge in [-0.1, -0.05) is 0 Å². The molecule has 1 aromatic rings. The van der Waals surface area contributed by atoms with Crippen LogP contribution in [0.5, 0.6) is 0 Å². The van der Waals surface area contributed by atoms with E-state index in [9.17, 15) is 26.4 Å². The van der Waals surface area contributed by atoms with Crippen LogP contribution >= 0.6 is 0 Å². The second-order valence-electron chi connectivity index (χ2n) is 6.24. The molecular formula is C16H21F3N2O3S. The summed E-state index contributed by atoms with van der Waals surface area (Å²) in [7, 11) is -3.65. The van der Waals surface area contributed by atoms with Crippen LogP contribution in [0.3, 0.4) is 0 Å². The molecule has 1 fully saturated rings. The smallest absolute Gasteiger partial charge is 0.370 e. The lowest BCUT2D eigenvalue weighted by Gasteiger charge is -2.31. The number of sulfone groups is 1. The van der Waals surface area contributed by atoms with Crippen LogP contribution in [-0.4, -0.2) is 38.9 Å². The lowest BCUT2D eigenvalue weighted by atomic mass is 10.1. The second-order valence-corrected chi connectivity index (χ2v) is 8.60.